The molecule has 5 nitrogen and oxygen atoms in total. The molecule has 5 heteroatoms. The number of rotatable bonds is 4. The van der Waals surface area contributed by atoms with Gasteiger partial charge in [-0.15, -0.1) is 0 Å². The molecule has 0 bridgehead atoms. The van der Waals surface area contributed by atoms with Crippen LogP contribution >= 0.6 is 0 Å². The zero-order valence-corrected chi connectivity index (χ0v) is 9.28. The van der Waals surface area contributed by atoms with Crippen molar-refractivity contribution in [2.24, 2.45) is 0 Å². The van der Waals surface area contributed by atoms with Crippen molar-refractivity contribution in [3.05, 3.63) is 54.6 Å². The van der Waals surface area contributed by atoms with Crippen LogP contribution in [0.15, 0.2) is 54.6 Å². The fraction of sp³-hybridized carbons (Fsp3) is 0. The fourth-order valence-corrected chi connectivity index (χ4v) is 1.30. The molecule has 0 aliphatic rings. The molecule has 2 aromatic carbocycles. The molecular weight excluding hydrogens is 236 g/mol. The van der Waals surface area contributed by atoms with Crippen LogP contribution in [0.1, 0.15) is 0 Å². The van der Waals surface area contributed by atoms with Crippen LogP contribution in [0.2, 0.25) is 0 Å². The predicted octanol–water partition coefficient (Wildman–Crippen LogP) is 3.47. The first-order chi connectivity index (χ1) is 8.75. The minimum absolute atomic E-state index is 0.184. The first-order valence-corrected chi connectivity index (χ1v) is 5.15. The molecule has 0 atom stereocenters. The van der Waals surface area contributed by atoms with E-state index in [9.17, 15) is 4.79 Å². The first kappa shape index (κ1) is 11.8. The van der Waals surface area contributed by atoms with E-state index in [1.54, 1.807) is 36.4 Å². The Balaban J connectivity index is 2.14. The van der Waals surface area contributed by atoms with Gasteiger partial charge in [0.2, 0.25) is 5.75 Å². The number of hydrogen-bond donors (Lipinski definition) is 1. The van der Waals surface area contributed by atoms with Crippen molar-refractivity contribution < 1.29 is 24.4 Å². The highest BCUT2D eigenvalue weighted by Gasteiger charge is 2.08. The summed E-state index contributed by atoms with van der Waals surface area (Å²) < 4.78 is 5.54. The molecule has 0 saturated heterocycles. The van der Waals surface area contributed by atoms with Crippen LogP contribution in [-0.2, 0) is 4.89 Å². The lowest BCUT2D eigenvalue weighted by Gasteiger charge is -2.09. The Bertz CT molecular complexity index is 524. The Labute approximate surface area is 103 Å². The highest BCUT2D eigenvalue weighted by molar-refractivity contribution is 5.56. The molecule has 0 heterocycles. The maximum Gasteiger partial charge on any atom is 0.547 e. The Morgan fingerprint density at radius 3 is 2.17 bits per heavy atom. The standard InChI is InChI=1S/C13H10O5/c14-13(15)18-17-12-9-5-4-8-11(12)16-10-6-2-1-3-7-10/h1-9H,(H,14,15). The molecule has 0 saturated carbocycles. The van der Waals surface area contributed by atoms with Crippen LogP contribution in [0.5, 0.6) is 17.2 Å². The second kappa shape index (κ2) is 5.58. The third kappa shape index (κ3) is 3.15. The molecule has 18 heavy (non-hydrogen) atoms. The second-order valence-electron chi connectivity index (χ2n) is 3.29. The van der Waals surface area contributed by atoms with E-state index in [-0.39, 0.29) is 5.75 Å². The minimum Gasteiger partial charge on any atom is -0.453 e. The molecule has 2 rings (SSSR count). The van der Waals surface area contributed by atoms with E-state index in [4.69, 9.17) is 9.84 Å². The van der Waals surface area contributed by atoms with Crippen molar-refractivity contribution in [1.82, 2.24) is 0 Å². The SMILES string of the molecule is O=C(O)OOc1ccccc1Oc1ccccc1. The average Bonchev–Trinajstić information content (AvgIpc) is 2.39. The summed E-state index contributed by atoms with van der Waals surface area (Å²) in [4.78, 5) is 18.9. The molecule has 92 valence electrons. The van der Waals surface area contributed by atoms with Crippen molar-refractivity contribution in [3.63, 3.8) is 0 Å². The summed E-state index contributed by atoms with van der Waals surface area (Å²) in [5.74, 6) is 1.16. The zero-order chi connectivity index (χ0) is 12.8. The van der Waals surface area contributed by atoms with E-state index < -0.39 is 6.16 Å². The summed E-state index contributed by atoms with van der Waals surface area (Å²) in [6.07, 6.45) is -1.52. The number of carboxylic acid groups (broad SMARTS) is 1. The lowest BCUT2D eigenvalue weighted by molar-refractivity contribution is -0.161. The molecule has 0 spiro atoms. The van der Waals surface area contributed by atoms with Gasteiger partial charge in [-0.1, -0.05) is 30.3 Å². The van der Waals surface area contributed by atoms with Gasteiger partial charge in [0.1, 0.15) is 5.75 Å². The highest BCUT2D eigenvalue weighted by Crippen LogP contribution is 2.31. The lowest BCUT2D eigenvalue weighted by atomic mass is 10.3. The topological polar surface area (TPSA) is 65.0 Å². The Morgan fingerprint density at radius 2 is 1.50 bits per heavy atom. The third-order valence-corrected chi connectivity index (χ3v) is 2.02. The van der Waals surface area contributed by atoms with Gasteiger partial charge in [0.25, 0.3) is 0 Å². The van der Waals surface area contributed by atoms with E-state index in [0.717, 1.165) is 0 Å². The number of para-hydroxylation sites is 3. The van der Waals surface area contributed by atoms with E-state index in [1.165, 1.54) is 0 Å². The van der Waals surface area contributed by atoms with Gasteiger partial charge in [-0.25, -0.2) is 9.68 Å². The largest absolute Gasteiger partial charge is 0.547 e. The molecule has 0 amide bonds. The average molecular weight is 246 g/mol. The molecule has 0 radical (unpaired) electrons. The van der Waals surface area contributed by atoms with Gasteiger partial charge in [0, 0.05) is 0 Å². The van der Waals surface area contributed by atoms with Crippen molar-refractivity contribution in [2.45, 2.75) is 0 Å². The summed E-state index contributed by atoms with van der Waals surface area (Å²) in [7, 11) is 0. The van der Waals surface area contributed by atoms with Crippen molar-refractivity contribution in [2.75, 3.05) is 0 Å². The third-order valence-electron chi connectivity index (χ3n) is 2.02. The number of ether oxygens (including phenoxy) is 1. The monoisotopic (exact) mass is 246 g/mol. The fourth-order valence-electron chi connectivity index (χ4n) is 1.30. The quantitative estimate of drug-likeness (QED) is 0.661. The maximum atomic E-state index is 10.3. The summed E-state index contributed by atoms with van der Waals surface area (Å²) in [5.41, 5.74) is 0. The molecular formula is C13H10O5. The summed E-state index contributed by atoms with van der Waals surface area (Å²) in [6, 6.07) is 15.7. The summed E-state index contributed by atoms with van der Waals surface area (Å²) in [5, 5.41) is 8.37. The van der Waals surface area contributed by atoms with Crippen molar-refractivity contribution in [3.8, 4) is 17.2 Å². The number of carbonyl (C=O) groups is 1. The summed E-state index contributed by atoms with van der Waals surface area (Å²) in [6.45, 7) is 0. The van der Waals surface area contributed by atoms with Gasteiger partial charge in [-0.3, -0.25) is 4.89 Å². The van der Waals surface area contributed by atoms with Gasteiger partial charge in [-0.2, -0.15) is 0 Å². The Morgan fingerprint density at radius 1 is 0.889 bits per heavy atom. The number of benzene rings is 2. The molecule has 0 aromatic heterocycles. The predicted molar refractivity (Wildman–Crippen MR) is 62.7 cm³/mol. The van der Waals surface area contributed by atoms with Crippen LogP contribution in [0.3, 0.4) is 0 Å². The van der Waals surface area contributed by atoms with Gasteiger partial charge in [0.05, 0.1) is 0 Å². The smallest absolute Gasteiger partial charge is 0.453 e. The lowest BCUT2D eigenvalue weighted by Crippen LogP contribution is -2.04. The summed E-state index contributed by atoms with van der Waals surface area (Å²) >= 11 is 0. The molecule has 0 unspecified atom stereocenters. The van der Waals surface area contributed by atoms with E-state index in [0.29, 0.717) is 11.5 Å². The Hall–Kier alpha value is -2.69. The van der Waals surface area contributed by atoms with Crippen LogP contribution in [0, 0.1) is 0 Å². The maximum absolute atomic E-state index is 10.3. The minimum atomic E-state index is -1.52. The second-order valence-corrected chi connectivity index (χ2v) is 3.29. The molecule has 1 N–H and O–H groups in total. The zero-order valence-electron chi connectivity index (χ0n) is 9.28. The van der Waals surface area contributed by atoms with Gasteiger partial charge < -0.3 is 9.84 Å². The number of hydrogen-bond acceptors (Lipinski definition) is 4. The van der Waals surface area contributed by atoms with Crippen LogP contribution in [0.25, 0.3) is 0 Å². The van der Waals surface area contributed by atoms with Gasteiger partial charge in [-0.05, 0) is 24.3 Å². The van der Waals surface area contributed by atoms with E-state index in [1.807, 2.05) is 18.2 Å². The molecule has 0 aliphatic heterocycles. The molecule has 2 aromatic rings. The van der Waals surface area contributed by atoms with E-state index in [2.05, 4.69) is 9.78 Å². The van der Waals surface area contributed by atoms with Gasteiger partial charge in [0.15, 0.2) is 5.75 Å². The van der Waals surface area contributed by atoms with Crippen molar-refractivity contribution >= 4 is 6.16 Å². The van der Waals surface area contributed by atoms with Crippen LogP contribution in [0.4, 0.5) is 4.79 Å². The van der Waals surface area contributed by atoms with Gasteiger partial charge >= 0.3 is 6.16 Å². The van der Waals surface area contributed by atoms with Crippen LogP contribution < -0.4 is 9.62 Å². The molecule has 0 aliphatic carbocycles. The normalized spacial score (nSPS) is 9.56. The van der Waals surface area contributed by atoms with E-state index >= 15 is 0 Å². The van der Waals surface area contributed by atoms with Crippen LogP contribution in [-0.4, -0.2) is 11.3 Å². The highest BCUT2D eigenvalue weighted by atomic mass is 17.2. The van der Waals surface area contributed by atoms with Crippen molar-refractivity contribution in [1.29, 1.82) is 0 Å². The first-order valence-electron chi connectivity index (χ1n) is 5.15. The Kier molecular flexibility index (Phi) is 3.66. The molecule has 0 fully saturated rings.